The van der Waals surface area contributed by atoms with Crippen molar-refractivity contribution in [2.75, 3.05) is 6.61 Å². The van der Waals surface area contributed by atoms with Crippen molar-refractivity contribution in [3.05, 3.63) is 11.8 Å². The Labute approximate surface area is 82.7 Å². The van der Waals surface area contributed by atoms with E-state index in [1.54, 1.807) is 6.20 Å². The first-order valence-corrected chi connectivity index (χ1v) is 4.76. The molecular formula is C10H15F2NO. The molecule has 0 saturated heterocycles. The van der Waals surface area contributed by atoms with Crippen molar-refractivity contribution in [3.8, 4) is 0 Å². The van der Waals surface area contributed by atoms with Crippen molar-refractivity contribution < 1.29 is 13.5 Å². The summed E-state index contributed by atoms with van der Waals surface area (Å²) in [6.07, 6.45) is 0.805. The fourth-order valence-corrected chi connectivity index (χ4v) is 1.24. The molecule has 0 saturated carbocycles. The third kappa shape index (κ3) is 3.44. The molecule has 1 heterocycles. The van der Waals surface area contributed by atoms with Gasteiger partial charge in [0.1, 0.15) is 0 Å². The molecule has 80 valence electrons. The second-order valence-corrected chi connectivity index (χ2v) is 3.58. The first-order valence-electron chi connectivity index (χ1n) is 4.76. The zero-order chi connectivity index (χ0) is 10.6. The average Bonchev–Trinajstić information content (AvgIpc) is 2.15. The summed E-state index contributed by atoms with van der Waals surface area (Å²) < 4.78 is 28.4. The predicted molar refractivity (Wildman–Crippen MR) is 51.5 cm³/mol. The summed E-state index contributed by atoms with van der Waals surface area (Å²) in [6.45, 7) is 3.63. The van der Waals surface area contributed by atoms with E-state index in [1.807, 2.05) is 0 Å². The summed E-state index contributed by atoms with van der Waals surface area (Å²) in [5.41, 5.74) is 1.24. The Morgan fingerprint density at radius 1 is 1.43 bits per heavy atom. The van der Waals surface area contributed by atoms with Crippen LogP contribution in [0.1, 0.15) is 26.7 Å². The Balaban J connectivity index is 2.43. The Kier molecular flexibility index (Phi) is 4.04. The van der Waals surface area contributed by atoms with Crippen LogP contribution in [0.15, 0.2) is 16.8 Å². The molecule has 0 radical (unpaired) electrons. The zero-order valence-corrected chi connectivity index (χ0v) is 8.46. The number of aliphatic imine (C=N–C) groups is 1. The Bertz CT molecular complexity index is 247. The van der Waals surface area contributed by atoms with Crippen molar-refractivity contribution in [3.63, 3.8) is 0 Å². The van der Waals surface area contributed by atoms with Gasteiger partial charge in [-0.2, -0.15) is 0 Å². The third-order valence-electron chi connectivity index (χ3n) is 2.12. The lowest BCUT2D eigenvalue weighted by molar-refractivity contribution is 0.0745. The van der Waals surface area contributed by atoms with Crippen molar-refractivity contribution in [1.29, 1.82) is 0 Å². The van der Waals surface area contributed by atoms with Crippen LogP contribution in [0.25, 0.3) is 0 Å². The van der Waals surface area contributed by atoms with Gasteiger partial charge in [-0.25, -0.2) is 13.8 Å². The molecule has 14 heavy (non-hydrogen) atoms. The summed E-state index contributed by atoms with van der Waals surface area (Å²) >= 11 is 0. The van der Waals surface area contributed by atoms with E-state index in [1.165, 1.54) is 5.57 Å². The van der Waals surface area contributed by atoms with Gasteiger partial charge in [0.25, 0.3) is 6.43 Å². The molecule has 0 fully saturated rings. The summed E-state index contributed by atoms with van der Waals surface area (Å²) in [5.74, 6) is 0.894. The molecular weight excluding hydrogens is 188 g/mol. The van der Waals surface area contributed by atoms with Crippen molar-refractivity contribution in [1.82, 2.24) is 0 Å². The molecule has 0 N–H and O–H groups in total. The van der Waals surface area contributed by atoms with Gasteiger partial charge in [0.15, 0.2) is 12.5 Å². The van der Waals surface area contributed by atoms with Gasteiger partial charge in [0.05, 0.1) is 0 Å². The first kappa shape index (κ1) is 11.1. The van der Waals surface area contributed by atoms with Gasteiger partial charge in [-0.05, 0) is 17.9 Å². The SMILES string of the molecule is CC(C)C1=CN=C(OCC(F)F)CC1. The highest BCUT2D eigenvalue weighted by Gasteiger charge is 2.13. The van der Waals surface area contributed by atoms with Gasteiger partial charge in [-0.15, -0.1) is 0 Å². The predicted octanol–water partition coefficient (Wildman–Crippen LogP) is 3.00. The third-order valence-corrected chi connectivity index (χ3v) is 2.12. The molecule has 2 nitrogen and oxygen atoms in total. The molecule has 0 aromatic carbocycles. The van der Waals surface area contributed by atoms with Gasteiger partial charge >= 0.3 is 0 Å². The van der Waals surface area contributed by atoms with E-state index in [4.69, 9.17) is 4.74 Å². The molecule has 0 aromatic heterocycles. The number of alkyl halides is 2. The lowest BCUT2D eigenvalue weighted by atomic mass is 9.98. The summed E-state index contributed by atoms with van der Waals surface area (Å²) in [6, 6.07) is 0. The topological polar surface area (TPSA) is 21.6 Å². The van der Waals surface area contributed by atoms with E-state index in [0.29, 0.717) is 18.2 Å². The minimum Gasteiger partial charge on any atom is -0.475 e. The van der Waals surface area contributed by atoms with Crippen LogP contribution in [0.4, 0.5) is 8.78 Å². The van der Waals surface area contributed by atoms with Gasteiger partial charge in [-0.3, -0.25) is 0 Å². The van der Waals surface area contributed by atoms with Gasteiger partial charge in [-0.1, -0.05) is 13.8 Å². The molecule has 0 atom stereocenters. The standard InChI is InChI=1S/C10H15F2NO/c1-7(2)8-3-4-10(13-5-8)14-6-9(11)12/h5,7,9H,3-4,6H2,1-2H3. The normalized spacial score (nSPS) is 17.0. The Morgan fingerprint density at radius 2 is 2.14 bits per heavy atom. The smallest absolute Gasteiger partial charge is 0.272 e. The fourth-order valence-electron chi connectivity index (χ4n) is 1.24. The molecule has 1 rings (SSSR count). The number of hydrogen-bond donors (Lipinski definition) is 0. The van der Waals surface area contributed by atoms with E-state index in [-0.39, 0.29) is 0 Å². The second-order valence-electron chi connectivity index (χ2n) is 3.58. The van der Waals surface area contributed by atoms with E-state index >= 15 is 0 Å². The van der Waals surface area contributed by atoms with Crippen molar-refractivity contribution in [2.45, 2.75) is 33.1 Å². The highest BCUT2D eigenvalue weighted by atomic mass is 19.3. The Hall–Kier alpha value is -0.930. The van der Waals surface area contributed by atoms with E-state index in [2.05, 4.69) is 18.8 Å². The molecule has 4 heteroatoms. The van der Waals surface area contributed by atoms with Crippen LogP contribution < -0.4 is 0 Å². The van der Waals surface area contributed by atoms with Crippen LogP contribution in [0.5, 0.6) is 0 Å². The summed E-state index contributed by atoms with van der Waals surface area (Å²) in [7, 11) is 0. The largest absolute Gasteiger partial charge is 0.475 e. The van der Waals surface area contributed by atoms with Crippen LogP contribution in [0.2, 0.25) is 0 Å². The van der Waals surface area contributed by atoms with Gasteiger partial charge in [0, 0.05) is 12.6 Å². The number of rotatable bonds is 3. The molecule has 0 bridgehead atoms. The molecule has 0 aliphatic carbocycles. The van der Waals surface area contributed by atoms with Crippen LogP contribution in [0.3, 0.4) is 0 Å². The molecule has 0 aromatic rings. The maximum Gasteiger partial charge on any atom is 0.272 e. The van der Waals surface area contributed by atoms with Gasteiger partial charge < -0.3 is 4.74 Å². The molecule has 1 aliphatic rings. The molecule has 1 aliphatic heterocycles. The van der Waals surface area contributed by atoms with E-state index in [9.17, 15) is 8.78 Å². The van der Waals surface area contributed by atoms with Crippen molar-refractivity contribution in [2.24, 2.45) is 10.9 Å². The lowest BCUT2D eigenvalue weighted by Crippen LogP contribution is -2.14. The fraction of sp³-hybridized carbons (Fsp3) is 0.700. The lowest BCUT2D eigenvalue weighted by Gasteiger charge is -2.16. The van der Waals surface area contributed by atoms with Crippen LogP contribution in [0, 0.1) is 5.92 Å². The van der Waals surface area contributed by atoms with E-state index < -0.39 is 13.0 Å². The molecule has 0 unspecified atom stereocenters. The minimum atomic E-state index is -2.42. The Morgan fingerprint density at radius 3 is 2.57 bits per heavy atom. The van der Waals surface area contributed by atoms with Crippen molar-refractivity contribution >= 4 is 5.90 Å². The van der Waals surface area contributed by atoms with Crippen LogP contribution >= 0.6 is 0 Å². The van der Waals surface area contributed by atoms with Gasteiger partial charge in [0.2, 0.25) is 0 Å². The minimum absolute atomic E-state index is 0.426. The first-order chi connectivity index (χ1) is 6.59. The molecule has 0 amide bonds. The number of ether oxygens (including phenoxy) is 1. The number of nitrogens with zero attached hydrogens (tertiary/aromatic N) is 1. The average molecular weight is 203 g/mol. The van der Waals surface area contributed by atoms with E-state index in [0.717, 1.165) is 6.42 Å². The second kappa shape index (κ2) is 5.08. The number of allylic oxidation sites excluding steroid dienone is 1. The quantitative estimate of drug-likeness (QED) is 0.691. The highest BCUT2D eigenvalue weighted by Crippen LogP contribution is 2.20. The number of halogens is 2. The van der Waals surface area contributed by atoms with Crippen LogP contribution in [-0.4, -0.2) is 18.9 Å². The maximum atomic E-state index is 11.8. The maximum absolute atomic E-state index is 11.8. The van der Waals surface area contributed by atoms with Crippen LogP contribution in [-0.2, 0) is 4.74 Å². The monoisotopic (exact) mass is 203 g/mol. The summed E-state index contributed by atoms with van der Waals surface area (Å²) in [4.78, 5) is 4.00. The highest BCUT2D eigenvalue weighted by molar-refractivity contribution is 5.78. The summed E-state index contributed by atoms with van der Waals surface area (Å²) in [5, 5.41) is 0. The molecule has 0 spiro atoms. The zero-order valence-electron chi connectivity index (χ0n) is 8.46. The number of hydrogen-bond acceptors (Lipinski definition) is 2.